The molecule has 3 aromatic rings. The number of nitro groups is 1. The minimum absolute atomic E-state index is 0.0935. The van der Waals surface area contributed by atoms with Crippen molar-refractivity contribution in [2.75, 3.05) is 11.9 Å². The summed E-state index contributed by atoms with van der Waals surface area (Å²) in [6.45, 7) is 3.23. The van der Waals surface area contributed by atoms with Crippen LogP contribution in [0.3, 0.4) is 0 Å². The number of esters is 1. The molecule has 0 radical (unpaired) electrons. The van der Waals surface area contributed by atoms with E-state index in [4.69, 9.17) is 9.47 Å². The molecule has 3 rings (SSSR count). The SMILES string of the molecule is CCOC(=O)C(C)Oc1cccc2c(=O)n(CC(=O)Nc3ccc([N+](=O)[O-])cc3)ccc12. The topological polar surface area (TPSA) is 130 Å². The molecule has 166 valence electrons. The Morgan fingerprint density at radius 1 is 1.12 bits per heavy atom. The number of pyridine rings is 1. The van der Waals surface area contributed by atoms with Gasteiger partial charge in [-0.25, -0.2) is 4.79 Å². The Labute approximate surface area is 182 Å². The molecule has 0 bridgehead atoms. The Kier molecular flexibility index (Phi) is 6.83. The molecule has 1 heterocycles. The number of rotatable bonds is 8. The summed E-state index contributed by atoms with van der Waals surface area (Å²) < 4.78 is 11.8. The Hall–Kier alpha value is -4.21. The third-order valence-electron chi connectivity index (χ3n) is 4.58. The highest BCUT2D eigenvalue weighted by molar-refractivity contribution is 5.91. The lowest BCUT2D eigenvalue weighted by Crippen LogP contribution is -2.28. The van der Waals surface area contributed by atoms with E-state index in [-0.39, 0.29) is 18.8 Å². The van der Waals surface area contributed by atoms with E-state index in [0.29, 0.717) is 22.2 Å². The minimum atomic E-state index is -0.851. The Bertz CT molecular complexity index is 1220. The van der Waals surface area contributed by atoms with Crippen LogP contribution >= 0.6 is 0 Å². The molecule has 2 aromatic carbocycles. The van der Waals surface area contributed by atoms with Crippen LogP contribution in [-0.2, 0) is 20.9 Å². The molecule has 0 aliphatic carbocycles. The van der Waals surface area contributed by atoms with Crippen LogP contribution < -0.4 is 15.6 Å². The summed E-state index contributed by atoms with van der Waals surface area (Å²) in [5, 5.41) is 14.1. The van der Waals surface area contributed by atoms with Gasteiger partial charge >= 0.3 is 5.97 Å². The van der Waals surface area contributed by atoms with Crippen molar-refractivity contribution in [2.45, 2.75) is 26.5 Å². The lowest BCUT2D eigenvalue weighted by atomic mass is 10.1. The second-order valence-electron chi connectivity index (χ2n) is 6.83. The van der Waals surface area contributed by atoms with Crippen LogP contribution in [0.15, 0.2) is 59.5 Å². The van der Waals surface area contributed by atoms with Gasteiger partial charge < -0.3 is 19.4 Å². The van der Waals surface area contributed by atoms with Crippen molar-refractivity contribution < 1.29 is 24.0 Å². The standard InChI is InChI=1S/C22H21N3O7/c1-3-31-22(28)14(2)32-19-6-4-5-18-17(19)11-12-24(21(18)27)13-20(26)23-15-7-9-16(10-8-15)25(29)30/h4-12,14H,3,13H2,1-2H3,(H,23,26). The number of non-ortho nitro benzene ring substituents is 1. The van der Waals surface area contributed by atoms with Gasteiger partial charge in [0.25, 0.3) is 11.2 Å². The lowest BCUT2D eigenvalue weighted by molar-refractivity contribution is -0.384. The van der Waals surface area contributed by atoms with Crippen LogP contribution in [0.4, 0.5) is 11.4 Å². The molecule has 10 heteroatoms. The number of hydrogen-bond acceptors (Lipinski definition) is 7. The van der Waals surface area contributed by atoms with E-state index < -0.39 is 28.5 Å². The van der Waals surface area contributed by atoms with Gasteiger partial charge in [0, 0.05) is 29.4 Å². The zero-order valence-corrected chi connectivity index (χ0v) is 17.4. The number of aromatic nitrogens is 1. The monoisotopic (exact) mass is 439 g/mol. The zero-order chi connectivity index (χ0) is 23.3. The van der Waals surface area contributed by atoms with Crippen molar-refractivity contribution in [3.63, 3.8) is 0 Å². The molecule has 0 aliphatic rings. The van der Waals surface area contributed by atoms with Gasteiger partial charge in [0.1, 0.15) is 12.3 Å². The quantitative estimate of drug-likeness (QED) is 0.324. The van der Waals surface area contributed by atoms with Crippen molar-refractivity contribution in [3.05, 3.63) is 75.2 Å². The number of nitro benzene ring substituents is 1. The summed E-state index contributed by atoms with van der Waals surface area (Å²) in [5.41, 5.74) is -0.127. The number of anilines is 1. The normalized spacial score (nSPS) is 11.6. The molecule has 0 aliphatic heterocycles. The molecule has 1 N–H and O–H groups in total. The second kappa shape index (κ2) is 9.73. The average Bonchev–Trinajstić information content (AvgIpc) is 2.76. The highest BCUT2D eigenvalue weighted by Gasteiger charge is 2.18. The molecule has 1 unspecified atom stereocenters. The first-order valence-corrected chi connectivity index (χ1v) is 9.80. The Morgan fingerprint density at radius 3 is 2.50 bits per heavy atom. The maximum absolute atomic E-state index is 12.9. The maximum Gasteiger partial charge on any atom is 0.347 e. The van der Waals surface area contributed by atoms with E-state index >= 15 is 0 Å². The number of hydrogen-bond donors (Lipinski definition) is 1. The van der Waals surface area contributed by atoms with E-state index in [1.165, 1.54) is 35.0 Å². The van der Waals surface area contributed by atoms with Gasteiger partial charge in [-0.2, -0.15) is 0 Å². The summed E-state index contributed by atoms with van der Waals surface area (Å²) >= 11 is 0. The predicted octanol–water partition coefficient (Wildman–Crippen LogP) is 2.88. The Morgan fingerprint density at radius 2 is 1.84 bits per heavy atom. The smallest absolute Gasteiger partial charge is 0.347 e. The molecular weight excluding hydrogens is 418 g/mol. The molecule has 1 aromatic heterocycles. The molecule has 32 heavy (non-hydrogen) atoms. The highest BCUT2D eigenvalue weighted by Crippen LogP contribution is 2.24. The van der Waals surface area contributed by atoms with Crippen molar-refractivity contribution in [2.24, 2.45) is 0 Å². The van der Waals surface area contributed by atoms with Gasteiger partial charge in [0.2, 0.25) is 5.91 Å². The van der Waals surface area contributed by atoms with E-state index in [2.05, 4.69) is 5.32 Å². The molecular formula is C22H21N3O7. The van der Waals surface area contributed by atoms with Gasteiger partial charge in [0.15, 0.2) is 6.10 Å². The van der Waals surface area contributed by atoms with Crippen molar-refractivity contribution in [1.29, 1.82) is 0 Å². The van der Waals surface area contributed by atoms with E-state index in [1.54, 1.807) is 38.1 Å². The minimum Gasteiger partial charge on any atom is -0.478 e. The van der Waals surface area contributed by atoms with E-state index in [1.807, 2.05) is 0 Å². The molecule has 0 spiro atoms. The highest BCUT2D eigenvalue weighted by atomic mass is 16.6. The molecule has 10 nitrogen and oxygen atoms in total. The summed E-state index contributed by atoms with van der Waals surface area (Å²) in [6, 6.07) is 11.9. The van der Waals surface area contributed by atoms with Crippen molar-refractivity contribution in [3.8, 4) is 5.75 Å². The van der Waals surface area contributed by atoms with E-state index in [0.717, 1.165) is 0 Å². The van der Waals surface area contributed by atoms with Crippen LogP contribution in [0, 0.1) is 10.1 Å². The first-order chi connectivity index (χ1) is 15.3. The largest absolute Gasteiger partial charge is 0.478 e. The zero-order valence-electron chi connectivity index (χ0n) is 17.4. The van der Waals surface area contributed by atoms with Crippen molar-refractivity contribution >= 4 is 34.0 Å². The third-order valence-corrected chi connectivity index (χ3v) is 4.58. The van der Waals surface area contributed by atoms with Crippen LogP contribution in [0.5, 0.6) is 5.75 Å². The summed E-state index contributed by atoms with van der Waals surface area (Å²) in [6.07, 6.45) is 0.609. The first-order valence-electron chi connectivity index (χ1n) is 9.80. The van der Waals surface area contributed by atoms with Gasteiger partial charge in [-0.15, -0.1) is 0 Å². The summed E-state index contributed by atoms with van der Waals surface area (Å²) in [4.78, 5) is 47.2. The van der Waals surface area contributed by atoms with Crippen LogP contribution in [0.1, 0.15) is 13.8 Å². The van der Waals surface area contributed by atoms with Gasteiger partial charge in [-0.3, -0.25) is 19.7 Å². The number of nitrogens with one attached hydrogen (secondary N) is 1. The van der Waals surface area contributed by atoms with Crippen LogP contribution in [0.2, 0.25) is 0 Å². The van der Waals surface area contributed by atoms with Crippen LogP contribution in [0.25, 0.3) is 10.8 Å². The second-order valence-corrected chi connectivity index (χ2v) is 6.83. The molecule has 1 amide bonds. The fraction of sp³-hybridized carbons (Fsp3) is 0.227. The predicted molar refractivity (Wildman–Crippen MR) is 117 cm³/mol. The number of amides is 1. The fourth-order valence-electron chi connectivity index (χ4n) is 3.04. The first kappa shape index (κ1) is 22.5. The molecule has 1 atom stereocenters. The number of nitrogens with zero attached hydrogens (tertiary/aromatic N) is 2. The van der Waals surface area contributed by atoms with Crippen LogP contribution in [-0.4, -0.2) is 34.1 Å². The fourth-order valence-corrected chi connectivity index (χ4v) is 3.04. The van der Waals surface area contributed by atoms with E-state index in [9.17, 15) is 24.5 Å². The summed E-state index contributed by atoms with van der Waals surface area (Å²) in [5.74, 6) is -0.632. The van der Waals surface area contributed by atoms with Gasteiger partial charge in [-0.05, 0) is 44.2 Å². The number of benzene rings is 2. The average molecular weight is 439 g/mol. The molecule has 0 saturated carbocycles. The van der Waals surface area contributed by atoms with Gasteiger partial charge in [-0.1, -0.05) is 6.07 Å². The Balaban J connectivity index is 1.77. The number of carbonyl (C=O) groups excluding carboxylic acids is 2. The lowest BCUT2D eigenvalue weighted by Gasteiger charge is -2.15. The maximum atomic E-state index is 12.9. The summed E-state index contributed by atoms with van der Waals surface area (Å²) in [7, 11) is 0. The molecule has 0 fully saturated rings. The van der Waals surface area contributed by atoms with Gasteiger partial charge in [0.05, 0.1) is 16.9 Å². The van der Waals surface area contributed by atoms with Crippen molar-refractivity contribution in [1.82, 2.24) is 4.57 Å². The number of ether oxygens (including phenoxy) is 2. The molecule has 0 saturated heterocycles. The third kappa shape index (κ3) is 5.09. The number of carbonyl (C=O) groups is 2. The number of fused-ring (bicyclic) bond motifs is 1.